The van der Waals surface area contributed by atoms with Crippen molar-refractivity contribution in [3.63, 3.8) is 0 Å². The van der Waals surface area contributed by atoms with Crippen LogP contribution < -0.4 is 5.73 Å². The Balaban J connectivity index is 2.57. The number of nitrogens with two attached hydrogens (primary N) is 1. The summed E-state index contributed by atoms with van der Waals surface area (Å²) in [7, 11) is 0. The first-order chi connectivity index (χ1) is 5.25. The van der Waals surface area contributed by atoms with Gasteiger partial charge < -0.3 is 5.73 Å². The topological polar surface area (TPSA) is 26.0 Å². The lowest BCUT2D eigenvalue weighted by Gasteiger charge is -2.32. The molecule has 0 aromatic rings. The molecule has 0 aromatic heterocycles. The predicted octanol–water partition coefficient (Wildman–Crippen LogP) is 2.55. The van der Waals surface area contributed by atoms with Crippen LogP contribution in [0, 0.1) is 11.3 Å². The first kappa shape index (κ1) is 9.05. The van der Waals surface area contributed by atoms with Crippen molar-refractivity contribution in [3.8, 4) is 0 Å². The lowest BCUT2D eigenvalue weighted by atomic mass is 9.75. The molecule has 0 aromatic carbocycles. The molecule has 0 saturated heterocycles. The fourth-order valence-corrected chi connectivity index (χ4v) is 2.59. The molecular weight excluding hydrogens is 134 g/mol. The summed E-state index contributed by atoms with van der Waals surface area (Å²) < 4.78 is 0. The SMILES string of the molecule is CCCC1(CN)CCCC1C. The first-order valence-electron chi connectivity index (χ1n) is 4.95. The Kier molecular flexibility index (Phi) is 2.94. The molecular formula is C10H21N. The monoisotopic (exact) mass is 155 g/mol. The molecule has 1 rings (SSSR count). The van der Waals surface area contributed by atoms with Gasteiger partial charge in [0.2, 0.25) is 0 Å². The summed E-state index contributed by atoms with van der Waals surface area (Å²) in [5.41, 5.74) is 6.37. The molecule has 0 amide bonds. The van der Waals surface area contributed by atoms with Crippen LogP contribution in [0.5, 0.6) is 0 Å². The maximum atomic E-state index is 5.85. The van der Waals surface area contributed by atoms with Crippen molar-refractivity contribution < 1.29 is 0 Å². The molecule has 11 heavy (non-hydrogen) atoms. The van der Waals surface area contributed by atoms with Gasteiger partial charge in [-0.25, -0.2) is 0 Å². The summed E-state index contributed by atoms with van der Waals surface area (Å²) in [6.07, 6.45) is 6.81. The second-order valence-corrected chi connectivity index (χ2v) is 4.11. The smallest absolute Gasteiger partial charge is 0.00180 e. The normalized spacial score (nSPS) is 37.9. The van der Waals surface area contributed by atoms with E-state index < -0.39 is 0 Å². The van der Waals surface area contributed by atoms with Crippen LogP contribution in [0.2, 0.25) is 0 Å². The molecule has 2 N–H and O–H groups in total. The molecule has 0 radical (unpaired) electrons. The van der Waals surface area contributed by atoms with Gasteiger partial charge in [-0.05, 0) is 30.7 Å². The van der Waals surface area contributed by atoms with Gasteiger partial charge in [0.15, 0.2) is 0 Å². The molecule has 1 aliphatic carbocycles. The van der Waals surface area contributed by atoms with Crippen molar-refractivity contribution in [2.24, 2.45) is 17.1 Å². The van der Waals surface area contributed by atoms with E-state index in [1.807, 2.05) is 0 Å². The van der Waals surface area contributed by atoms with Crippen LogP contribution >= 0.6 is 0 Å². The summed E-state index contributed by atoms with van der Waals surface area (Å²) in [4.78, 5) is 0. The summed E-state index contributed by atoms with van der Waals surface area (Å²) >= 11 is 0. The number of hydrogen-bond donors (Lipinski definition) is 1. The van der Waals surface area contributed by atoms with E-state index in [9.17, 15) is 0 Å². The number of hydrogen-bond acceptors (Lipinski definition) is 1. The Morgan fingerprint density at radius 3 is 2.64 bits per heavy atom. The maximum Gasteiger partial charge on any atom is -0.00180 e. The van der Waals surface area contributed by atoms with Crippen LogP contribution in [-0.4, -0.2) is 6.54 Å². The van der Waals surface area contributed by atoms with Gasteiger partial charge in [-0.15, -0.1) is 0 Å². The Morgan fingerprint density at radius 2 is 2.27 bits per heavy atom. The highest BCUT2D eigenvalue weighted by Gasteiger charge is 2.37. The molecule has 0 bridgehead atoms. The van der Waals surface area contributed by atoms with Crippen LogP contribution in [0.3, 0.4) is 0 Å². The molecule has 1 nitrogen and oxygen atoms in total. The highest BCUT2D eigenvalue weighted by Crippen LogP contribution is 2.45. The fraction of sp³-hybridized carbons (Fsp3) is 1.00. The zero-order valence-corrected chi connectivity index (χ0v) is 7.90. The van der Waals surface area contributed by atoms with Gasteiger partial charge in [0.25, 0.3) is 0 Å². The van der Waals surface area contributed by atoms with Gasteiger partial charge in [-0.3, -0.25) is 0 Å². The minimum atomic E-state index is 0.523. The van der Waals surface area contributed by atoms with E-state index in [0.29, 0.717) is 5.41 Å². The Hall–Kier alpha value is -0.0400. The van der Waals surface area contributed by atoms with Gasteiger partial charge in [0.05, 0.1) is 0 Å². The molecule has 66 valence electrons. The van der Waals surface area contributed by atoms with Gasteiger partial charge in [0, 0.05) is 0 Å². The van der Waals surface area contributed by atoms with Gasteiger partial charge in [-0.1, -0.05) is 33.1 Å². The average Bonchev–Trinajstić information content (AvgIpc) is 2.35. The lowest BCUT2D eigenvalue weighted by molar-refractivity contribution is 0.204. The van der Waals surface area contributed by atoms with E-state index in [2.05, 4.69) is 13.8 Å². The van der Waals surface area contributed by atoms with E-state index in [0.717, 1.165) is 12.5 Å². The summed E-state index contributed by atoms with van der Waals surface area (Å²) in [6, 6.07) is 0. The maximum absolute atomic E-state index is 5.85. The molecule has 1 heteroatoms. The molecule has 2 atom stereocenters. The van der Waals surface area contributed by atoms with Gasteiger partial charge >= 0.3 is 0 Å². The molecule has 2 unspecified atom stereocenters. The first-order valence-corrected chi connectivity index (χ1v) is 4.95. The van der Waals surface area contributed by atoms with E-state index >= 15 is 0 Å². The standard InChI is InChI=1S/C10H21N/c1-3-6-10(8-11)7-4-5-9(10)2/h9H,3-8,11H2,1-2H3. The van der Waals surface area contributed by atoms with Crippen molar-refractivity contribution in [1.29, 1.82) is 0 Å². The van der Waals surface area contributed by atoms with Crippen LogP contribution in [-0.2, 0) is 0 Å². The number of rotatable bonds is 3. The van der Waals surface area contributed by atoms with Gasteiger partial charge in [-0.2, -0.15) is 0 Å². The molecule has 1 aliphatic rings. The predicted molar refractivity (Wildman–Crippen MR) is 49.4 cm³/mol. The molecule has 0 spiro atoms. The lowest BCUT2D eigenvalue weighted by Crippen LogP contribution is -2.32. The average molecular weight is 155 g/mol. The highest BCUT2D eigenvalue weighted by molar-refractivity contribution is 4.90. The van der Waals surface area contributed by atoms with Crippen LogP contribution in [0.15, 0.2) is 0 Å². The fourth-order valence-electron chi connectivity index (χ4n) is 2.59. The van der Waals surface area contributed by atoms with Crippen molar-refractivity contribution in [2.45, 2.75) is 46.0 Å². The molecule has 1 saturated carbocycles. The second kappa shape index (κ2) is 3.57. The summed E-state index contributed by atoms with van der Waals surface area (Å²) in [5.74, 6) is 0.868. The van der Waals surface area contributed by atoms with Crippen LogP contribution in [0.4, 0.5) is 0 Å². The third-order valence-corrected chi connectivity index (χ3v) is 3.51. The highest BCUT2D eigenvalue weighted by atomic mass is 14.6. The van der Waals surface area contributed by atoms with E-state index in [1.54, 1.807) is 0 Å². The quantitative estimate of drug-likeness (QED) is 0.666. The van der Waals surface area contributed by atoms with E-state index in [4.69, 9.17) is 5.73 Å². The van der Waals surface area contributed by atoms with Crippen molar-refractivity contribution in [3.05, 3.63) is 0 Å². The van der Waals surface area contributed by atoms with E-state index in [1.165, 1.54) is 32.1 Å². The van der Waals surface area contributed by atoms with Crippen LogP contribution in [0.25, 0.3) is 0 Å². The zero-order valence-electron chi connectivity index (χ0n) is 7.90. The van der Waals surface area contributed by atoms with Crippen molar-refractivity contribution in [2.75, 3.05) is 6.54 Å². The second-order valence-electron chi connectivity index (χ2n) is 4.11. The minimum Gasteiger partial charge on any atom is -0.330 e. The zero-order chi connectivity index (χ0) is 8.32. The van der Waals surface area contributed by atoms with Crippen LogP contribution in [0.1, 0.15) is 46.0 Å². The third-order valence-electron chi connectivity index (χ3n) is 3.51. The largest absolute Gasteiger partial charge is 0.330 e. The Morgan fingerprint density at radius 1 is 1.55 bits per heavy atom. The Labute approximate surface area is 70.4 Å². The van der Waals surface area contributed by atoms with Crippen molar-refractivity contribution in [1.82, 2.24) is 0 Å². The molecule has 0 aliphatic heterocycles. The summed E-state index contributed by atoms with van der Waals surface area (Å²) in [6.45, 7) is 5.54. The minimum absolute atomic E-state index is 0.523. The third kappa shape index (κ3) is 1.58. The molecule has 0 heterocycles. The van der Waals surface area contributed by atoms with Gasteiger partial charge in [0.1, 0.15) is 0 Å². The molecule has 1 fully saturated rings. The Bertz CT molecular complexity index is 122. The summed E-state index contributed by atoms with van der Waals surface area (Å²) in [5, 5.41) is 0. The van der Waals surface area contributed by atoms with E-state index in [-0.39, 0.29) is 0 Å². The van der Waals surface area contributed by atoms with Crippen molar-refractivity contribution >= 4 is 0 Å².